The Kier molecular flexibility index (Phi) is 5.60. The van der Waals surface area contributed by atoms with Gasteiger partial charge in [-0.05, 0) is 44.8 Å². The number of rotatable bonds is 6. The van der Waals surface area contributed by atoms with E-state index in [1.807, 2.05) is 24.3 Å². The lowest BCUT2D eigenvalue weighted by Gasteiger charge is -2.27. The predicted octanol–water partition coefficient (Wildman–Crippen LogP) is 2.90. The standard InChI is InChI=1S/C22H26N6/c1-28(2)15-20(16-8-4-3-5-9-16)26-21-17-11-13-23-14-19(17)25-22(27-21)18-10-6-7-12-24-18/h3-10,12,20,23H,11,13-15H2,1-2H3,(H,25,26,27). The highest BCUT2D eigenvalue weighted by molar-refractivity contribution is 5.58. The van der Waals surface area contributed by atoms with Gasteiger partial charge >= 0.3 is 0 Å². The number of nitrogens with zero attached hydrogens (tertiary/aromatic N) is 4. The maximum atomic E-state index is 4.90. The molecule has 3 heterocycles. The Morgan fingerprint density at radius 1 is 1.07 bits per heavy atom. The monoisotopic (exact) mass is 374 g/mol. The highest BCUT2D eigenvalue weighted by atomic mass is 15.1. The number of pyridine rings is 1. The maximum Gasteiger partial charge on any atom is 0.180 e. The molecule has 0 bridgehead atoms. The van der Waals surface area contributed by atoms with Crippen molar-refractivity contribution in [2.45, 2.75) is 19.0 Å². The molecule has 6 nitrogen and oxygen atoms in total. The minimum atomic E-state index is 0.140. The Labute approximate surface area is 166 Å². The first-order chi connectivity index (χ1) is 13.7. The molecule has 1 aromatic carbocycles. The Morgan fingerprint density at radius 2 is 1.89 bits per heavy atom. The molecule has 1 atom stereocenters. The third-order valence-electron chi connectivity index (χ3n) is 4.89. The van der Waals surface area contributed by atoms with E-state index in [1.54, 1.807) is 6.20 Å². The van der Waals surface area contributed by atoms with Crippen LogP contribution in [0.3, 0.4) is 0 Å². The zero-order valence-electron chi connectivity index (χ0n) is 16.4. The summed E-state index contributed by atoms with van der Waals surface area (Å²) in [4.78, 5) is 16.3. The fraction of sp³-hybridized carbons (Fsp3) is 0.318. The van der Waals surface area contributed by atoms with Gasteiger partial charge < -0.3 is 15.5 Å². The Bertz CT molecular complexity index is 911. The lowest BCUT2D eigenvalue weighted by molar-refractivity contribution is 0.386. The van der Waals surface area contributed by atoms with Crippen LogP contribution in [0.2, 0.25) is 0 Å². The number of anilines is 1. The highest BCUT2D eigenvalue weighted by Gasteiger charge is 2.21. The fourth-order valence-corrected chi connectivity index (χ4v) is 3.54. The molecule has 144 valence electrons. The number of fused-ring (bicyclic) bond motifs is 1. The molecule has 4 rings (SSSR count). The van der Waals surface area contributed by atoms with Crippen molar-refractivity contribution < 1.29 is 0 Å². The summed E-state index contributed by atoms with van der Waals surface area (Å²) < 4.78 is 0. The summed E-state index contributed by atoms with van der Waals surface area (Å²) in [5.41, 5.74) is 4.30. The van der Waals surface area contributed by atoms with Gasteiger partial charge in [0.15, 0.2) is 5.82 Å². The highest BCUT2D eigenvalue weighted by Crippen LogP contribution is 2.27. The van der Waals surface area contributed by atoms with Crippen LogP contribution in [0.4, 0.5) is 5.82 Å². The van der Waals surface area contributed by atoms with Crippen LogP contribution >= 0.6 is 0 Å². The van der Waals surface area contributed by atoms with E-state index in [1.165, 1.54) is 11.1 Å². The van der Waals surface area contributed by atoms with Gasteiger partial charge in [0.1, 0.15) is 11.5 Å². The van der Waals surface area contributed by atoms with Crippen molar-refractivity contribution in [3.63, 3.8) is 0 Å². The number of aromatic nitrogens is 3. The average molecular weight is 374 g/mol. The zero-order chi connectivity index (χ0) is 19.3. The van der Waals surface area contributed by atoms with Gasteiger partial charge in [0.05, 0.1) is 11.7 Å². The van der Waals surface area contributed by atoms with Gasteiger partial charge in [0, 0.05) is 24.8 Å². The quantitative estimate of drug-likeness (QED) is 0.692. The summed E-state index contributed by atoms with van der Waals surface area (Å²) in [6, 6.07) is 16.5. The molecule has 0 fully saturated rings. The average Bonchev–Trinajstić information content (AvgIpc) is 2.74. The molecule has 28 heavy (non-hydrogen) atoms. The van der Waals surface area contributed by atoms with E-state index in [4.69, 9.17) is 9.97 Å². The number of nitrogens with one attached hydrogen (secondary N) is 2. The van der Waals surface area contributed by atoms with Crippen molar-refractivity contribution in [2.75, 3.05) is 32.5 Å². The van der Waals surface area contributed by atoms with E-state index in [0.29, 0.717) is 5.82 Å². The summed E-state index contributed by atoms with van der Waals surface area (Å²) in [7, 11) is 4.19. The summed E-state index contributed by atoms with van der Waals surface area (Å²) in [6.07, 6.45) is 2.70. The Hall–Kier alpha value is -2.83. The smallest absolute Gasteiger partial charge is 0.180 e. The second-order valence-electron chi connectivity index (χ2n) is 7.33. The fourth-order valence-electron chi connectivity index (χ4n) is 3.54. The topological polar surface area (TPSA) is 66.0 Å². The third-order valence-corrected chi connectivity index (χ3v) is 4.89. The first-order valence-electron chi connectivity index (χ1n) is 9.69. The molecule has 1 aliphatic rings. The van der Waals surface area contributed by atoms with Crippen molar-refractivity contribution in [3.05, 3.63) is 71.5 Å². The van der Waals surface area contributed by atoms with Crippen LogP contribution < -0.4 is 10.6 Å². The minimum Gasteiger partial charge on any atom is -0.362 e. The largest absolute Gasteiger partial charge is 0.362 e. The molecule has 0 saturated carbocycles. The molecule has 0 spiro atoms. The van der Waals surface area contributed by atoms with Crippen LogP contribution in [0.15, 0.2) is 54.7 Å². The molecule has 6 heteroatoms. The molecule has 3 aromatic rings. The summed E-state index contributed by atoms with van der Waals surface area (Å²) in [5.74, 6) is 1.59. The molecular formula is C22H26N6. The van der Waals surface area contributed by atoms with Gasteiger partial charge in [-0.1, -0.05) is 36.4 Å². The van der Waals surface area contributed by atoms with Crippen molar-refractivity contribution in [2.24, 2.45) is 0 Å². The number of hydrogen-bond donors (Lipinski definition) is 2. The van der Waals surface area contributed by atoms with E-state index >= 15 is 0 Å². The first-order valence-corrected chi connectivity index (χ1v) is 9.69. The molecule has 0 aliphatic carbocycles. The molecule has 0 amide bonds. The molecule has 0 radical (unpaired) electrons. The normalized spacial score (nSPS) is 14.5. The molecular weight excluding hydrogens is 348 g/mol. The van der Waals surface area contributed by atoms with E-state index in [9.17, 15) is 0 Å². The van der Waals surface area contributed by atoms with E-state index < -0.39 is 0 Å². The van der Waals surface area contributed by atoms with Crippen LogP contribution in [0.1, 0.15) is 22.9 Å². The van der Waals surface area contributed by atoms with Gasteiger partial charge in [-0.15, -0.1) is 0 Å². The van der Waals surface area contributed by atoms with Crippen LogP contribution in [-0.2, 0) is 13.0 Å². The van der Waals surface area contributed by atoms with E-state index in [-0.39, 0.29) is 6.04 Å². The van der Waals surface area contributed by atoms with Crippen molar-refractivity contribution in [3.8, 4) is 11.5 Å². The maximum absolute atomic E-state index is 4.90. The molecule has 0 saturated heterocycles. The summed E-state index contributed by atoms with van der Waals surface area (Å²) in [5, 5.41) is 7.13. The minimum absolute atomic E-state index is 0.140. The Morgan fingerprint density at radius 3 is 2.64 bits per heavy atom. The molecule has 2 N–H and O–H groups in total. The lowest BCUT2D eigenvalue weighted by atomic mass is 10.0. The molecule has 1 unspecified atom stereocenters. The SMILES string of the molecule is CN(C)CC(Nc1nc(-c2ccccn2)nc2c1CCNC2)c1ccccc1. The van der Waals surface area contributed by atoms with Gasteiger partial charge in [0.25, 0.3) is 0 Å². The van der Waals surface area contributed by atoms with Crippen molar-refractivity contribution in [1.29, 1.82) is 0 Å². The first kappa shape index (κ1) is 18.5. The second kappa shape index (κ2) is 8.46. The number of likely N-dealkylation sites (N-methyl/N-ethyl adjacent to an activating group) is 1. The number of hydrogen-bond acceptors (Lipinski definition) is 6. The van der Waals surface area contributed by atoms with Crippen molar-refractivity contribution in [1.82, 2.24) is 25.2 Å². The number of benzene rings is 1. The Balaban J connectivity index is 1.74. The second-order valence-corrected chi connectivity index (χ2v) is 7.33. The van der Waals surface area contributed by atoms with Crippen LogP contribution in [0.25, 0.3) is 11.5 Å². The van der Waals surface area contributed by atoms with Gasteiger partial charge in [-0.3, -0.25) is 4.98 Å². The van der Waals surface area contributed by atoms with Crippen LogP contribution in [0.5, 0.6) is 0 Å². The molecule has 2 aromatic heterocycles. The van der Waals surface area contributed by atoms with Gasteiger partial charge in [0.2, 0.25) is 0 Å². The lowest BCUT2D eigenvalue weighted by Crippen LogP contribution is -2.29. The summed E-state index contributed by atoms with van der Waals surface area (Å²) in [6.45, 7) is 2.58. The van der Waals surface area contributed by atoms with Crippen LogP contribution in [0, 0.1) is 0 Å². The van der Waals surface area contributed by atoms with Crippen molar-refractivity contribution >= 4 is 5.82 Å². The summed E-state index contributed by atoms with van der Waals surface area (Å²) >= 11 is 0. The zero-order valence-corrected chi connectivity index (χ0v) is 16.4. The predicted molar refractivity (Wildman–Crippen MR) is 112 cm³/mol. The third kappa shape index (κ3) is 4.18. The van der Waals surface area contributed by atoms with Gasteiger partial charge in [-0.25, -0.2) is 9.97 Å². The van der Waals surface area contributed by atoms with Gasteiger partial charge in [-0.2, -0.15) is 0 Å². The van der Waals surface area contributed by atoms with E-state index in [2.05, 4.69) is 58.9 Å². The van der Waals surface area contributed by atoms with E-state index in [0.717, 1.165) is 43.3 Å². The van der Waals surface area contributed by atoms with Crippen LogP contribution in [-0.4, -0.2) is 47.0 Å². The molecule has 1 aliphatic heterocycles.